The third kappa shape index (κ3) is 3.42. The lowest BCUT2D eigenvalue weighted by molar-refractivity contribution is 0.369. The zero-order chi connectivity index (χ0) is 17.8. The Morgan fingerprint density at radius 2 is 1.64 bits per heavy atom. The Morgan fingerprint density at radius 1 is 0.920 bits per heavy atom. The van der Waals surface area contributed by atoms with Crippen LogP contribution in [0.15, 0.2) is 36.7 Å². The fourth-order valence-electron chi connectivity index (χ4n) is 2.74. The van der Waals surface area contributed by atoms with E-state index in [2.05, 4.69) is 21.4 Å². The highest BCUT2D eigenvalue weighted by molar-refractivity contribution is 5.89. The number of nitrogens with zero attached hydrogens (tertiary/aromatic N) is 2. The standard InChI is InChI=1S/C19H21N3O3/c1-12-5-6-16-14(7-12)19(22-11-21-16)20-10-15-17(24-3)8-13(23-2)9-18(15)25-4/h5-9,11H,10H2,1-4H3,(H,20,21,22). The Kier molecular flexibility index (Phi) is 4.88. The number of fused-ring (bicyclic) bond motifs is 1. The number of aryl methyl sites for hydroxylation is 1. The Hall–Kier alpha value is -3.02. The lowest BCUT2D eigenvalue weighted by Gasteiger charge is -2.16. The van der Waals surface area contributed by atoms with Crippen LogP contribution in [0.4, 0.5) is 5.82 Å². The van der Waals surface area contributed by atoms with Gasteiger partial charge in [0.1, 0.15) is 29.4 Å². The summed E-state index contributed by atoms with van der Waals surface area (Å²) >= 11 is 0. The Balaban J connectivity index is 1.95. The lowest BCUT2D eigenvalue weighted by atomic mass is 10.1. The summed E-state index contributed by atoms with van der Waals surface area (Å²) in [6, 6.07) is 9.77. The summed E-state index contributed by atoms with van der Waals surface area (Å²) in [4.78, 5) is 8.69. The summed E-state index contributed by atoms with van der Waals surface area (Å²) in [5, 5.41) is 4.35. The molecule has 3 aromatic rings. The average Bonchev–Trinajstić information content (AvgIpc) is 2.65. The number of ether oxygens (including phenoxy) is 3. The van der Waals surface area contributed by atoms with Crippen molar-refractivity contribution in [3.8, 4) is 17.2 Å². The molecule has 0 aliphatic carbocycles. The van der Waals surface area contributed by atoms with E-state index in [1.54, 1.807) is 27.7 Å². The number of aromatic nitrogens is 2. The number of nitrogens with one attached hydrogen (secondary N) is 1. The van der Waals surface area contributed by atoms with Crippen LogP contribution in [0.3, 0.4) is 0 Å². The van der Waals surface area contributed by atoms with Crippen LogP contribution in [-0.4, -0.2) is 31.3 Å². The summed E-state index contributed by atoms with van der Waals surface area (Å²) < 4.78 is 16.3. The molecular formula is C19H21N3O3. The maximum Gasteiger partial charge on any atom is 0.137 e. The highest BCUT2D eigenvalue weighted by atomic mass is 16.5. The molecule has 0 fully saturated rings. The minimum Gasteiger partial charge on any atom is -0.496 e. The molecule has 1 aromatic heterocycles. The number of anilines is 1. The first-order valence-corrected chi connectivity index (χ1v) is 7.90. The summed E-state index contributed by atoms with van der Waals surface area (Å²) in [6.45, 7) is 2.54. The van der Waals surface area contributed by atoms with E-state index in [-0.39, 0.29) is 0 Å². The zero-order valence-corrected chi connectivity index (χ0v) is 14.8. The topological polar surface area (TPSA) is 65.5 Å². The molecule has 0 atom stereocenters. The number of rotatable bonds is 6. The van der Waals surface area contributed by atoms with Gasteiger partial charge in [-0.25, -0.2) is 9.97 Å². The molecule has 25 heavy (non-hydrogen) atoms. The monoisotopic (exact) mass is 339 g/mol. The van der Waals surface area contributed by atoms with Gasteiger partial charge in [-0.2, -0.15) is 0 Å². The molecule has 0 unspecified atom stereocenters. The van der Waals surface area contributed by atoms with Crippen molar-refractivity contribution in [2.75, 3.05) is 26.6 Å². The quantitative estimate of drug-likeness (QED) is 0.740. The van der Waals surface area contributed by atoms with E-state index in [4.69, 9.17) is 14.2 Å². The zero-order valence-electron chi connectivity index (χ0n) is 14.8. The molecule has 0 aliphatic heterocycles. The number of hydrogen-bond acceptors (Lipinski definition) is 6. The van der Waals surface area contributed by atoms with E-state index in [1.807, 2.05) is 31.2 Å². The molecule has 2 aromatic carbocycles. The van der Waals surface area contributed by atoms with Crippen molar-refractivity contribution in [2.45, 2.75) is 13.5 Å². The normalized spacial score (nSPS) is 10.6. The van der Waals surface area contributed by atoms with Crippen LogP contribution >= 0.6 is 0 Å². The van der Waals surface area contributed by atoms with Crippen molar-refractivity contribution in [1.82, 2.24) is 9.97 Å². The largest absolute Gasteiger partial charge is 0.496 e. The van der Waals surface area contributed by atoms with Gasteiger partial charge in [0, 0.05) is 24.1 Å². The molecule has 1 heterocycles. The summed E-state index contributed by atoms with van der Waals surface area (Å²) in [6.07, 6.45) is 1.56. The van der Waals surface area contributed by atoms with Crippen LogP contribution < -0.4 is 19.5 Å². The molecule has 0 saturated heterocycles. The van der Waals surface area contributed by atoms with Crippen molar-refractivity contribution in [2.24, 2.45) is 0 Å². The van der Waals surface area contributed by atoms with Gasteiger partial charge < -0.3 is 19.5 Å². The van der Waals surface area contributed by atoms with E-state index in [0.717, 1.165) is 27.8 Å². The molecule has 0 saturated carbocycles. The van der Waals surface area contributed by atoms with Crippen LogP contribution in [0.5, 0.6) is 17.2 Å². The van der Waals surface area contributed by atoms with Gasteiger partial charge in [-0.05, 0) is 19.1 Å². The fraction of sp³-hybridized carbons (Fsp3) is 0.263. The van der Waals surface area contributed by atoms with Crippen LogP contribution in [0.1, 0.15) is 11.1 Å². The van der Waals surface area contributed by atoms with Crippen LogP contribution in [-0.2, 0) is 6.54 Å². The van der Waals surface area contributed by atoms with Crippen LogP contribution in [0.25, 0.3) is 10.9 Å². The van der Waals surface area contributed by atoms with Crippen molar-refractivity contribution in [3.63, 3.8) is 0 Å². The molecule has 0 amide bonds. The first-order chi connectivity index (χ1) is 12.2. The van der Waals surface area contributed by atoms with Crippen LogP contribution in [0, 0.1) is 6.92 Å². The predicted molar refractivity (Wildman–Crippen MR) is 97.7 cm³/mol. The Labute approximate surface area is 146 Å². The Morgan fingerprint density at radius 3 is 2.28 bits per heavy atom. The summed E-state index contributed by atoms with van der Waals surface area (Å²) in [7, 11) is 4.86. The summed E-state index contributed by atoms with van der Waals surface area (Å²) in [5.74, 6) is 2.84. The summed E-state index contributed by atoms with van der Waals surface area (Å²) in [5.41, 5.74) is 2.95. The van der Waals surface area contributed by atoms with Gasteiger partial charge in [-0.15, -0.1) is 0 Å². The molecule has 0 radical (unpaired) electrons. The number of benzene rings is 2. The fourth-order valence-corrected chi connectivity index (χ4v) is 2.74. The molecule has 0 spiro atoms. The second kappa shape index (κ2) is 7.25. The first-order valence-electron chi connectivity index (χ1n) is 7.90. The van der Waals surface area contributed by atoms with Crippen LogP contribution in [0.2, 0.25) is 0 Å². The van der Waals surface area contributed by atoms with Gasteiger partial charge in [-0.3, -0.25) is 0 Å². The van der Waals surface area contributed by atoms with E-state index in [1.165, 1.54) is 0 Å². The van der Waals surface area contributed by atoms with E-state index in [0.29, 0.717) is 23.8 Å². The maximum absolute atomic E-state index is 5.49. The SMILES string of the molecule is COc1cc(OC)c(CNc2ncnc3ccc(C)cc23)c(OC)c1. The average molecular weight is 339 g/mol. The second-order valence-corrected chi connectivity index (χ2v) is 5.61. The van der Waals surface area contributed by atoms with Crippen molar-refractivity contribution >= 4 is 16.7 Å². The Bertz CT molecular complexity index is 871. The molecule has 6 heteroatoms. The molecule has 0 aliphatic rings. The van der Waals surface area contributed by atoms with Crippen molar-refractivity contribution in [3.05, 3.63) is 47.8 Å². The van der Waals surface area contributed by atoms with Gasteiger partial charge >= 0.3 is 0 Å². The highest BCUT2D eigenvalue weighted by Gasteiger charge is 2.14. The third-order valence-electron chi connectivity index (χ3n) is 4.04. The second-order valence-electron chi connectivity index (χ2n) is 5.61. The number of hydrogen-bond donors (Lipinski definition) is 1. The van der Waals surface area contributed by atoms with Gasteiger partial charge in [0.2, 0.25) is 0 Å². The molecular weight excluding hydrogens is 318 g/mol. The minimum absolute atomic E-state index is 0.496. The van der Waals surface area contributed by atoms with E-state index in [9.17, 15) is 0 Å². The van der Waals surface area contributed by atoms with Crippen molar-refractivity contribution in [1.29, 1.82) is 0 Å². The van der Waals surface area contributed by atoms with Crippen molar-refractivity contribution < 1.29 is 14.2 Å². The molecule has 130 valence electrons. The minimum atomic E-state index is 0.496. The van der Waals surface area contributed by atoms with E-state index < -0.39 is 0 Å². The third-order valence-corrected chi connectivity index (χ3v) is 4.04. The predicted octanol–water partition coefficient (Wildman–Crippen LogP) is 3.58. The molecule has 0 bridgehead atoms. The first kappa shape index (κ1) is 16.8. The van der Waals surface area contributed by atoms with Gasteiger partial charge in [0.05, 0.1) is 32.4 Å². The maximum atomic E-state index is 5.49. The van der Waals surface area contributed by atoms with Gasteiger partial charge in [0.15, 0.2) is 0 Å². The van der Waals surface area contributed by atoms with Gasteiger partial charge in [-0.1, -0.05) is 11.6 Å². The van der Waals surface area contributed by atoms with Gasteiger partial charge in [0.25, 0.3) is 0 Å². The lowest BCUT2D eigenvalue weighted by Crippen LogP contribution is -2.06. The van der Waals surface area contributed by atoms with E-state index >= 15 is 0 Å². The smallest absolute Gasteiger partial charge is 0.137 e. The highest BCUT2D eigenvalue weighted by Crippen LogP contribution is 2.34. The molecule has 3 rings (SSSR count). The number of methoxy groups -OCH3 is 3. The molecule has 1 N–H and O–H groups in total. The molecule has 6 nitrogen and oxygen atoms in total.